The van der Waals surface area contributed by atoms with Crippen molar-refractivity contribution in [2.45, 2.75) is 24.7 Å². The minimum Gasteiger partial charge on any atom is -0.323 e. The van der Waals surface area contributed by atoms with Gasteiger partial charge in [-0.25, -0.2) is 13.4 Å². The van der Waals surface area contributed by atoms with Crippen LogP contribution < -0.4 is 5.32 Å². The van der Waals surface area contributed by atoms with E-state index in [-0.39, 0.29) is 21.9 Å². The molecule has 0 spiro atoms. The number of nitrogens with one attached hydrogen (secondary N) is 1. The molecule has 0 aliphatic carbocycles. The standard InChI is InChI=1S/C18H20ClN3O3S/c1-13-4-6-15(7-5-13)26(24,25)22-11-8-14(9-12-22)18(23)21-16-3-2-10-20-17(16)19/h2-7,10,14H,8-9,11-12H2,1H3,(H,21,23). The molecule has 138 valence electrons. The van der Waals surface area contributed by atoms with Crippen molar-refractivity contribution in [3.8, 4) is 0 Å². The summed E-state index contributed by atoms with van der Waals surface area (Å²) in [7, 11) is -3.52. The summed E-state index contributed by atoms with van der Waals surface area (Å²) in [5.74, 6) is -0.414. The van der Waals surface area contributed by atoms with Gasteiger partial charge in [-0.1, -0.05) is 29.3 Å². The lowest BCUT2D eigenvalue weighted by molar-refractivity contribution is -0.120. The van der Waals surface area contributed by atoms with Crippen LogP contribution in [0.4, 0.5) is 5.69 Å². The number of piperidine rings is 1. The fraction of sp³-hybridized carbons (Fsp3) is 0.333. The third-order valence-electron chi connectivity index (χ3n) is 4.50. The zero-order chi connectivity index (χ0) is 18.7. The Morgan fingerprint density at radius 1 is 1.19 bits per heavy atom. The molecule has 2 heterocycles. The average molecular weight is 394 g/mol. The number of benzene rings is 1. The van der Waals surface area contributed by atoms with E-state index in [1.165, 1.54) is 4.31 Å². The Hall–Kier alpha value is -1.96. The summed E-state index contributed by atoms with van der Waals surface area (Å²) in [5.41, 5.74) is 1.47. The average Bonchev–Trinajstić information content (AvgIpc) is 2.64. The van der Waals surface area contributed by atoms with Crippen LogP contribution in [0.25, 0.3) is 0 Å². The highest BCUT2D eigenvalue weighted by Crippen LogP contribution is 2.26. The van der Waals surface area contributed by atoms with E-state index < -0.39 is 10.0 Å². The molecular formula is C18H20ClN3O3S. The molecule has 2 aromatic rings. The van der Waals surface area contributed by atoms with Gasteiger partial charge >= 0.3 is 0 Å². The molecule has 0 saturated carbocycles. The number of carbonyl (C=O) groups is 1. The molecule has 1 aromatic carbocycles. The largest absolute Gasteiger partial charge is 0.323 e. The molecule has 26 heavy (non-hydrogen) atoms. The van der Waals surface area contributed by atoms with Gasteiger partial charge in [-0.3, -0.25) is 4.79 Å². The van der Waals surface area contributed by atoms with Crippen LogP contribution in [0, 0.1) is 12.8 Å². The van der Waals surface area contributed by atoms with Gasteiger partial charge in [0.2, 0.25) is 15.9 Å². The highest BCUT2D eigenvalue weighted by molar-refractivity contribution is 7.89. The minimum atomic E-state index is -3.52. The predicted octanol–water partition coefficient (Wildman–Crippen LogP) is 3.08. The Morgan fingerprint density at radius 3 is 2.46 bits per heavy atom. The van der Waals surface area contributed by atoms with E-state index in [1.54, 1.807) is 42.6 Å². The minimum absolute atomic E-state index is 0.160. The molecule has 1 aliphatic heterocycles. The number of aromatic nitrogens is 1. The summed E-state index contributed by atoms with van der Waals surface area (Å²) in [5, 5.41) is 3.01. The van der Waals surface area contributed by atoms with E-state index in [0.717, 1.165) is 5.56 Å². The normalized spacial score (nSPS) is 16.4. The highest BCUT2D eigenvalue weighted by atomic mass is 35.5. The Balaban J connectivity index is 1.62. The first kappa shape index (κ1) is 18.8. The number of sulfonamides is 1. The second-order valence-corrected chi connectivity index (χ2v) is 8.62. The van der Waals surface area contributed by atoms with Crippen LogP contribution in [0.2, 0.25) is 5.15 Å². The molecule has 0 radical (unpaired) electrons. The first-order valence-corrected chi connectivity index (χ1v) is 10.2. The number of anilines is 1. The van der Waals surface area contributed by atoms with Crippen molar-refractivity contribution in [2.24, 2.45) is 5.92 Å². The SMILES string of the molecule is Cc1ccc(S(=O)(=O)N2CCC(C(=O)Nc3cccnc3Cl)CC2)cc1. The molecule has 1 aromatic heterocycles. The Kier molecular flexibility index (Phi) is 5.60. The zero-order valence-corrected chi connectivity index (χ0v) is 15.9. The fourth-order valence-corrected chi connectivity index (χ4v) is 4.57. The number of nitrogens with zero attached hydrogens (tertiary/aromatic N) is 2. The molecular weight excluding hydrogens is 374 g/mol. The second kappa shape index (κ2) is 7.73. The fourth-order valence-electron chi connectivity index (χ4n) is 2.93. The van der Waals surface area contributed by atoms with Crippen LogP contribution >= 0.6 is 11.6 Å². The third kappa shape index (κ3) is 4.06. The number of hydrogen-bond acceptors (Lipinski definition) is 4. The van der Waals surface area contributed by atoms with Gasteiger partial charge in [0.25, 0.3) is 0 Å². The molecule has 1 saturated heterocycles. The van der Waals surface area contributed by atoms with Crippen molar-refractivity contribution >= 4 is 33.2 Å². The third-order valence-corrected chi connectivity index (χ3v) is 6.71. The van der Waals surface area contributed by atoms with Gasteiger partial charge in [0.05, 0.1) is 10.6 Å². The van der Waals surface area contributed by atoms with Gasteiger partial charge in [0, 0.05) is 25.2 Å². The van der Waals surface area contributed by atoms with Crippen LogP contribution in [0.15, 0.2) is 47.5 Å². The summed E-state index contributed by atoms with van der Waals surface area (Å²) >= 11 is 5.96. The summed E-state index contributed by atoms with van der Waals surface area (Å²) in [6.07, 6.45) is 2.48. The van der Waals surface area contributed by atoms with Gasteiger partial charge in [-0.05, 0) is 44.0 Å². The van der Waals surface area contributed by atoms with Crippen molar-refractivity contribution < 1.29 is 13.2 Å². The van der Waals surface area contributed by atoms with Crippen molar-refractivity contribution in [3.05, 3.63) is 53.3 Å². The topological polar surface area (TPSA) is 79.4 Å². The first-order chi connectivity index (χ1) is 12.4. The lowest BCUT2D eigenvalue weighted by Crippen LogP contribution is -2.41. The van der Waals surface area contributed by atoms with Gasteiger partial charge in [0.15, 0.2) is 5.15 Å². The number of pyridine rings is 1. The summed E-state index contributed by atoms with van der Waals surface area (Å²) in [6.45, 7) is 2.54. The molecule has 0 atom stereocenters. The van der Waals surface area contributed by atoms with Crippen LogP contribution in [-0.2, 0) is 14.8 Å². The molecule has 1 amide bonds. The van der Waals surface area contributed by atoms with Crippen LogP contribution in [0.3, 0.4) is 0 Å². The quantitative estimate of drug-likeness (QED) is 0.809. The van der Waals surface area contributed by atoms with Crippen LogP contribution in [-0.4, -0.2) is 36.7 Å². The molecule has 1 N–H and O–H groups in total. The maximum absolute atomic E-state index is 12.7. The van der Waals surface area contributed by atoms with Crippen molar-refractivity contribution in [1.82, 2.24) is 9.29 Å². The lowest BCUT2D eigenvalue weighted by Gasteiger charge is -2.30. The summed E-state index contributed by atoms with van der Waals surface area (Å²) in [4.78, 5) is 16.6. The van der Waals surface area contributed by atoms with E-state index >= 15 is 0 Å². The monoisotopic (exact) mass is 393 g/mol. The second-order valence-electron chi connectivity index (χ2n) is 6.32. The summed E-state index contributed by atoms with van der Waals surface area (Å²) < 4.78 is 26.9. The number of rotatable bonds is 4. The van der Waals surface area contributed by atoms with Gasteiger partial charge < -0.3 is 5.32 Å². The number of aryl methyl sites for hydroxylation is 1. The molecule has 3 rings (SSSR count). The molecule has 0 bridgehead atoms. The van der Waals surface area contributed by atoms with E-state index in [0.29, 0.717) is 31.6 Å². The van der Waals surface area contributed by atoms with Crippen molar-refractivity contribution in [1.29, 1.82) is 0 Å². The van der Waals surface area contributed by atoms with Crippen LogP contribution in [0.5, 0.6) is 0 Å². The van der Waals surface area contributed by atoms with E-state index in [9.17, 15) is 13.2 Å². The maximum Gasteiger partial charge on any atom is 0.243 e. The van der Waals surface area contributed by atoms with Crippen LogP contribution in [0.1, 0.15) is 18.4 Å². The molecule has 1 fully saturated rings. The molecule has 8 heteroatoms. The molecule has 6 nitrogen and oxygen atoms in total. The number of hydrogen-bond donors (Lipinski definition) is 1. The Morgan fingerprint density at radius 2 is 1.85 bits per heavy atom. The number of carbonyl (C=O) groups excluding carboxylic acids is 1. The lowest BCUT2D eigenvalue weighted by atomic mass is 9.97. The zero-order valence-electron chi connectivity index (χ0n) is 14.4. The highest BCUT2D eigenvalue weighted by Gasteiger charge is 2.32. The molecule has 0 unspecified atom stereocenters. The summed E-state index contributed by atoms with van der Waals surface area (Å²) in [6, 6.07) is 10.2. The smallest absolute Gasteiger partial charge is 0.243 e. The maximum atomic E-state index is 12.7. The van der Waals surface area contributed by atoms with Crippen molar-refractivity contribution in [3.63, 3.8) is 0 Å². The van der Waals surface area contributed by atoms with Gasteiger partial charge in [0.1, 0.15) is 0 Å². The predicted molar refractivity (Wildman–Crippen MR) is 101 cm³/mol. The van der Waals surface area contributed by atoms with Crippen molar-refractivity contribution in [2.75, 3.05) is 18.4 Å². The van der Waals surface area contributed by atoms with Gasteiger partial charge in [-0.15, -0.1) is 0 Å². The van der Waals surface area contributed by atoms with E-state index in [4.69, 9.17) is 11.6 Å². The number of halogens is 1. The Labute approximate surface area is 158 Å². The van der Waals surface area contributed by atoms with E-state index in [1.807, 2.05) is 6.92 Å². The molecule has 1 aliphatic rings. The first-order valence-electron chi connectivity index (χ1n) is 8.36. The van der Waals surface area contributed by atoms with E-state index in [2.05, 4.69) is 10.3 Å². The van der Waals surface area contributed by atoms with Gasteiger partial charge in [-0.2, -0.15) is 4.31 Å². The number of amides is 1. The Bertz CT molecular complexity index is 892.